The zero-order chi connectivity index (χ0) is 20.3. The molecule has 0 bridgehead atoms. The standard InChI is InChI=1S/C17H18F2N6O3/c18-11-5-4-10(6-12(11)19)24-25-13(7-20)14(26)21-8-17(9-2-1-3-9)15(27)22-16(28)23-17/h4-7,9,20,24H,1-3,8H2,(H,21,26)(H2,22,23,27,28)/b20-7?,25-13+. The highest BCUT2D eigenvalue weighted by Crippen LogP contribution is 2.37. The fraction of sp³-hybridized carbons (Fsp3) is 0.353. The van der Waals surface area contributed by atoms with E-state index in [2.05, 4.69) is 26.5 Å². The van der Waals surface area contributed by atoms with Crippen molar-refractivity contribution in [2.24, 2.45) is 11.0 Å². The third kappa shape index (κ3) is 3.68. The third-order valence-corrected chi connectivity index (χ3v) is 4.89. The number of anilines is 1. The van der Waals surface area contributed by atoms with Gasteiger partial charge in [-0.15, -0.1) is 0 Å². The number of rotatable bonds is 7. The van der Waals surface area contributed by atoms with Crippen LogP contribution in [0.1, 0.15) is 19.3 Å². The van der Waals surface area contributed by atoms with Crippen LogP contribution in [0, 0.1) is 23.0 Å². The number of urea groups is 1. The van der Waals surface area contributed by atoms with E-state index in [1.165, 1.54) is 6.07 Å². The Bertz CT molecular complexity index is 870. The zero-order valence-electron chi connectivity index (χ0n) is 14.6. The summed E-state index contributed by atoms with van der Waals surface area (Å²) in [6, 6.07) is 2.33. The average Bonchev–Trinajstić information content (AvgIpc) is 2.89. The molecule has 0 radical (unpaired) electrons. The van der Waals surface area contributed by atoms with Gasteiger partial charge in [0, 0.05) is 6.07 Å². The van der Waals surface area contributed by atoms with Gasteiger partial charge in [-0.05, 0) is 30.9 Å². The van der Waals surface area contributed by atoms with Crippen molar-refractivity contribution in [2.75, 3.05) is 12.0 Å². The van der Waals surface area contributed by atoms with Crippen molar-refractivity contribution in [3.8, 4) is 0 Å². The second-order valence-electron chi connectivity index (χ2n) is 6.57. The summed E-state index contributed by atoms with van der Waals surface area (Å²) in [4.78, 5) is 36.2. The summed E-state index contributed by atoms with van der Waals surface area (Å²) in [5, 5.41) is 18.3. The smallest absolute Gasteiger partial charge is 0.322 e. The second-order valence-corrected chi connectivity index (χ2v) is 6.57. The molecule has 28 heavy (non-hydrogen) atoms. The van der Waals surface area contributed by atoms with Crippen LogP contribution in [-0.4, -0.2) is 41.9 Å². The molecule has 0 aromatic heterocycles. The highest BCUT2D eigenvalue weighted by Gasteiger charge is 2.53. The van der Waals surface area contributed by atoms with Crippen LogP contribution in [0.15, 0.2) is 23.3 Å². The van der Waals surface area contributed by atoms with E-state index in [0.29, 0.717) is 6.21 Å². The first-order valence-electron chi connectivity index (χ1n) is 8.57. The molecule has 9 nitrogen and oxygen atoms in total. The van der Waals surface area contributed by atoms with E-state index >= 15 is 0 Å². The van der Waals surface area contributed by atoms with Crippen molar-refractivity contribution >= 4 is 35.5 Å². The SMILES string of the molecule is N=C/C(=N\Nc1ccc(F)c(F)c1)C(=O)NCC1(C2CCC2)NC(=O)NC1=O. The van der Waals surface area contributed by atoms with Crippen molar-refractivity contribution in [3.63, 3.8) is 0 Å². The Kier molecular flexibility index (Phi) is 5.34. The van der Waals surface area contributed by atoms with Gasteiger partial charge in [-0.25, -0.2) is 13.6 Å². The zero-order valence-corrected chi connectivity index (χ0v) is 14.6. The van der Waals surface area contributed by atoms with Crippen LogP contribution in [0.5, 0.6) is 0 Å². The highest BCUT2D eigenvalue weighted by atomic mass is 19.2. The van der Waals surface area contributed by atoms with Crippen LogP contribution in [0.3, 0.4) is 0 Å². The largest absolute Gasteiger partial charge is 0.348 e. The highest BCUT2D eigenvalue weighted by molar-refractivity contribution is 6.60. The summed E-state index contributed by atoms with van der Waals surface area (Å²) in [5.41, 5.74) is 0.867. The number of hydrogen-bond acceptors (Lipinski definition) is 6. The van der Waals surface area contributed by atoms with Crippen molar-refractivity contribution < 1.29 is 23.2 Å². The molecule has 4 amide bonds. The molecule has 1 heterocycles. The van der Waals surface area contributed by atoms with E-state index in [0.717, 1.165) is 31.4 Å². The van der Waals surface area contributed by atoms with Gasteiger partial charge in [0.05, 0.1) is 18.4 Å². The first-order chi connectivity index (χ1) is 13.4. The quantitative estimate of drug-likeness (QED) is 0.267. The molecule has 2 fully saturated rings. The number of hydrogen-bond donors (Lipinski definition) is 5. The number of hydrazone groups is 1. The van der Waals surface area contributed by atoms with E-state index in [-0.39, 0.29) is 23.9 Å². The molecule has 1 aromatic rings. The Morgan fingerprint density at radius 3 is 2.61 bits per heavy atom. The lowest BCUT2D eigenvalue weighted by atomic mass is 9.70. The van der Waals surface area contributed by atoms with Crippen molar-refractivity contribution in [1.82, 2.24) is 16.0 Å². The molecule has 5 N–H and O–H groups in total. The van der Waals surface area contributed by atoms with Gasteiger partial charge >= 0.3 is 6.03 Å². The monoisotopic (exact) mass is 392 g/mol. The molecule has 1 aliphatic heterocycles. The minimum absolute atomic E-state index is 0.0828. The molecule has 3 rings (SSSR count). The Labute approximate surface area is 158 Å². The summed E-state index contributed by atoms with van der Waals surface area (Å²) in [5.74, 6) is -3.49. The lowest BCUT2D eigenvalue weighted by Crippen LogP contribution is -2.62. The van der Waals surface area contributed by atoms with Gasteiger partial charge in [0.2, 0.25) is 0 Å². The topological polar surface area (TPSA) is 136 Å². The summed E-state index contributed by atoms with van der Waals surface area (Å²) in [6.07, 6.45) is 3.08. The molecular formula is C17H18F2N6O3. The van der Waals surface area contributed by atoms with Crippen LogP contribution in [0.2, 0.25) is 0 Å². The van der Waals surface area contributed by atoms with Gasteiger partial charge in [-0.3, -0.25) is 20.3 Å². The number of nitrogens with zero attached hydrogens (tertiary/aromatic N) is 1. The Morgan fingerprint density at radius 2 is 2.07 bits per heavy atom. The van der Waals surface area contributed by atoms with Gasteiger partial charge in [0.15, 0.2) is 17.3 Å². The van der Waals surface area contributed by atoms with Gasteiger partial charge < -0.3 is 16.0 Å². The van der Waals surface area contributed by atoms with Crippen LogP contribution in [-0.2, 0) is 9.59 Å². The number of imide groups is 1. The molecule has 1 aliphatic carbocycles. The fourth-order valence-corrected chi connectivity index (χ4v) is 3.11. The third-order valence-electron chi connectivity index (χ3n) is 4.89. The van der Waals surface area contributed by atoms with Gasteiger partial charge in [0.25, 0.3) is 11.8 Å². The van der Waals surface area contributed by atoms with Gasteiger partial charge in [-0.1, -0.05) is 6.42 Å². The summed E-state index contributed by atoms with van der Waals surface area (Å²) < 4.78 is 26.1. The maximum atomic E-state index is 13.2. The van der Waals surface area contributed by atoms with Crippen molar-refractivity contribution in [3.05, 3.63) is 29.8 Å². The normalized spacial score (nSPS) is 22.1. The lowest BCUT2D eigenvalue weighted by molar-refractivity contribution is -0.127. The number of nitrogens with one attached hydrogen (secondary N) is 5. The van der Waals surface area contributed by atoms with Crippen molar-refractivity contribution in [2.45, 2.75) is 24.8 Å². The van der Waals surface area contributed by atoms with Crippen LogP contribution in [0.4, 0.5) is 19.3 Å². The summed E-state index contributed by atoms with van der Waals surface area (Å²) in [7, 11) is 0. The Hall–Kier alpha value is -3.37. The first-order valence-corrected chi connectivity index (χ1v) is 8.57. The number of amides is 4. The molecule has 1 atom stereocenters. The minimum Gasteiger partial charge on any atom is -0.348 e. The molecular weight excluding hydrogens is 374 g/mol. The molecule has 148 valence electrons. The summed E-state index contributed by atoms with van der Waals surface area (Å²) in [6.45, 7) is -0.161. The van der Waals surface area contributed by atoms with E-state index in [9.17, 15) is 23.2 Å². The minimum atomic E-state index is -1.23. The van der Waals surface area contributed by atoms with Crippen LogP contribution >= 0.6 is 0 Å². The second kappa shape index (κ2) is 7.71. The molecule has 0 spiro atoms. The maximum Gasteiger partial charge on any atom is 0.322 e. The number of carbonyl (C=O) groups is 3. The number of carbonyl (C=O) groups excluding carboxylic acids is 3. The lowest BCUT2D eigenvalue weighted by Gasteiger charge is -2.40. The first kappa shape index (κ1) is 19.4. The van der Waals surface area contributed by atoms with Crippen LogP contribution in [0.25, 0.3) is 0 Å². The number of benzene rings is 1. The van der Waals surface area contributed by atoms with E-state index in [1.807, 2.05) is 0 Å². The molecule has 1 saturated heterocycles. The van der Waals surface area contributed by atoms with Gasteiger partial charge in [0.1, 0.15) is 5.54 Å². The molecule has 11 heteroatoms. The molecule has 1 saturated carbocycles. The predicted molar refractivity (Wildman–Crippen MR) is 96.0 cm³/mol. The predicted octanol–water partition coefficient (Wildman–Crippen LogP) is 0.877. The Morgan fingerprint density at radius 1 is 1.32 bits per heavy atom. The maximum absolute atomic E-state index is 13.2. The van der Waals surface area contributed by atoms with E-state index in [4.69, 9.17) is 5.41 Å². The van der Waals surface area contributed by atoms with E-state index < -0.39 is 35.0 Å². The van der Waals surface area contributed by atoms with Crippen molar-refractivity contribution in [1.29, 1.82) is 5.41 Å². The molecule has 2 aliphatic rings. The summed E-state index contributed by atoms with van der Waals surface area (Å²) >= 11 is 0. The molecule has 1 unspecified atom stereocenters. The van der Waals surface area contributed by atoms with Gasteiger partial charge in [-0.2, -0.15) is 5.10 Å². The number of halogens is 2. The van der Waals surface area contributed by atoms with Crippen LogP contribution < -0.4 is 21.4 Å². The fourth-order valence-electron chi connectivity index (χ4n) is 3.11. The average molecular weight is 392 g/mol. The van der Waals surface area contributed by atoms with E-state index in [1.54, 1.807) is 0 Å². The Balaban J connectivity index is 1.67. The molecule has 1 aromatic carbocycles.